The van der Waals surface area contributed by atoms with Gasteiger partial charge in [0.2, 0.25) is 0 Å². The molecule has 0 radical (unpaired) electrons. The van der Waals surface area contributed by atoms with Crippen LogP contribution in [-0.4, -0.2) is 44.0 Å². The van der Waals surface area contributed by atoms with Gasteiger partial charge in [0.05, 0.1) is 10.1 Å². The van der Waals surface area contributed by atoms with Gasteiger partial charge in [-0.25, -0.2) is 8.42 Å². The summed E-state index contributed by atoms with van der Waals surface area (Å²) in [7, 11) is 4.92. The van der Waals surface area contributed by atoms with Crippen LogP contribution >= 0.6 is 17.5 Å². The number of fused-ring (bicyclic) bond motifs is 3. The molecule has 3 nitrogen and oxygen atoms in total. The van der Waals surface area contributed by atoms with Crippen LogP contribution in [0.1, 0.15) is 38.8 Å². The van der Waals surface area contributed by atoms with E-state index < -0.39 is 17.8 Å². The minimum atomic E-state index is -3.28. The van der Waals surface area contributed by atoms with Gasteiger partial charge in [-0.1, -0.05) is 85.8 Å². The van der Waals surface area contributed by atoms with Gasteiger partial charge in [-0.05, 0) is 58.7 Å². The molecule has 0 spiro atoms. The molecule has 0 aromatic heterocycles. The molecule has 0 aliphatic carbocycles. The van der Waals surface area contributed by atoms with E-state index in [4.69, 9.17) is 0 Å². The molecule has 7 heteroatoms. The van der Waals surface area contributed by atoms with Crippen LogP contribution in [0.3, 0.4) is 0 Å². The Morgan fingerprint density at radius 1 is 0.878 bits per heavy atom. The van der Waals surface area contributed by atoms with E-state index in [0.29, 0.717) is 16.6 Å². The van der Waals surface area contributed by atoms with Crippen molar-refractivity contribution in [2.24, 2.45) is 0 Å². The predicted octanol–water partition coefficient (Wildman–Crippen LogP) is 8.08. The van der Waals surface area contributed by atoms with E-state index in [9.17, 15) is 8.42 Å². The van der Waals surface area contributed by atoms with E-state index in [2.05, 4.69) is 128 Å². The van der Waals surface area contributed by atoms with Crippen molar-refractivity contribution >= 4 is 43.4 Å². The molecule has 0 unspecified atom stereocenters. The quantitative estimate of drug-likeness (QED) is 0.0917. The van der Waals surface area contributed by atoms with E-state index in [-0.39, 0.29) is 10.9 Å². The zero-order valence-corrected chi connectivity index (χ0v) is 28.1. The Kier molecular flexibility index (Phi) is 11.0. The van der Waals surface area contributed by atoms with Gasteiger partial charge in [0.1, 0.15) is 0 Å². The molecule has 2 heterocycles. The number of benzene rings is 4. The second-order valence-electron chi connectivity index (χ2n) is 10.8. The number of allylic oxidation sites excluding steroid dienone is 2. The molecule has 1 saturated heterocycles. The maximum absolute atomic E-state index is 13.2. The average molecular weight is 697 g/mol. The standard InChI is InChI=1S/C20H21O2PS.C14H16N.ClH.Pd/c1-14-15(2)20-19(24(21,22)17-11-7-4-8-12-17)13-18(14)23(20)16-9-5-3-6-10-16;1-11(15(2)3)13-10-6-8-12-7-4-5-9-14(12)13;;/h3-12,18-20H,13H2,1-2H3;4-9,11H,1-3H3;1H;/q;-1;;+2/p-1/t18-,19-,20-,23-;11-;;/m01../s1. The molecular weight excluding hydrogens is 659 g/mol. The van der Waals surface area contributed by atoms with Crippen molar-refractivity contribution in [3.8, 4) is 0 Å². The van der Waals surface area contributed by atoms with Gasteiger partial charge in [-0.15, -0.1) is 22.4 Å². The molecule has 2 bridgehead atoms. The van der Waals surface area contributed by atoms with E-state index in [1.807, 2.05) is 30.3 Å². The second-order valence-corrected chi connectivity index (χ2v) is 15.5. The van der Waals surface area contributed by atoms with Crippen molar-refractivity contribution in [1.82, 2.24) is 4.90 Å². The van der Waals surface area contributed by atoms with Crippen LogP contribution in [-0.2, 0) is 28.0 Å². The topological polar surface area (TPSA) is 37.4 Å². The minimum absolute atomic E-state index is 0.164. The third-order valence-corrected chi connectivity index (χ3v) is 14.4. The molecule has 4 aromatic rings. The summed E-state index contributed by atoms with van der Waals surface area (Å²) < 4.78 is 26.5. The first-order valence-electron chi connectivity index (χ1n) is 13.7. The molecular formula is C34H37ClNO2PPdS. The summed E-state index contributed by atoms with van der Waals surface area (Å²) >= 11 is 2.22. The molecule has 1 fully saturated rings. The van der Waals surface area contributed by atoms with E-state index >= 15 is 0 Å². The Labute approximate surface area is 262 Å². The first kappa shape index (κ1) is 32.1. The van der Waals surface area contributed by atoms with Crippen molar-refractivity contribution < 1.29 is 26.6 Å². The van der Waals surface area contributed by atoms with Gasteiger partial charge in [0, 0.05) is 17.4 Å². The monoisotopic (exact) mass is 695 g/mol. The van der Waals surface area contributed by atoms with Crippen molar-refractivity contribution in [2.75, 3.05) is 14.1 Å². The van der Waals surface area contributed by atoms with Gasteiger partial charge >= 0.3 is 27.7 Å². The molecule has 218 valence electrons. The Balaban J connectivity index is 0.000000196. The van der Waals surface area contributed by atoms with E-state index in [0.717, 1.165) is 6.42 Å². The molecule has 0 saturated carbocycles. The molecule has 0 amide bonds. The van der Waals surface area contributed by atoms with Gasteiger partial charge in [-0.2, -0.15) is 18.2 Å². The summed E-state index contributed by atoms with van der Waals surface area (Å²) in [6.45, 7) is 6.55. The van der Waals surface area contributed by atoms with Crippen LogP contribution in [0, 0.1) is 6.07 Å². The number of rotatable bonds is 5. The summed E-state index contributed by atoms with van der Waals surface area (Å²) in [5.74, 6) is 0. The fourth-order valence-electron chi connectivity index (χ4n) is 6.02. The zero-order valence-electron chi connectivity index (χ0n) is 24.1. The van der Waals surface area contributed by atoms with Gasteiger partial charge in [0.15, 0.2) is 9.84 Å². The molecule has 5 atom stereocenters. The number of sulfone groups is 1. The first-order valence-corrected chi connectivity index (χ1v) is 18.7. The molecule has 2 aliphatic heterocycles. The van der Waals surface area contributed by atoms with E-state index in [1.165, 1.54) is 32.8 Å². The summed E-state index contributed by atoms with van der Waals surface area (Å²) in [4.78, 5) is 2.68. The van der Waals surface area contributed by atoms with Gasteiger partial charge < -0.3 is 4.90 Å². The number of nitrogens with zero attached hydrogens (tertiary/aromatic N) is 1. The van der Waals surface area contributed by atoms with Crippen molar-refractivity contribution in [3.63, 3.8) is 0 Å². The van der Waals surface area contributed by atoms with Crippen molar-refractivity contribution in [3.05, 3.63) is 120 Å². The average Bonchev–Trinajstić information content (AvgIpc) is 3.53. The fourth-order valence-corrected chi connectivity index (χ4v) is 12.7. The van der Waals surface area contributed by atoms with Crippen molar-refractivity contribution in [1.29, 1.82) is 0 Å². The predicted molar refractivity (Wildman–Crippen MR) is 172 cm³/mol. The van der Waals surface area contributed by atoms with Crippen LogP contribution in [0.2, 0.25) is 0 Å². The van der Waals surface area contributed by atoms with Gasteiger partial charge in [0.25, 0.3) is 0 Å². The molecule has 6 rings (SSSR count). The zero-order chi connectivity index (χ0) is 29.7. The SMILES string of the molecule is CC1=C(C)[C@H]2[C@@H](S(=O)(=O)c3ccccc3)C[C@@H]1[P@]2c1ccccc1.C[C@H](c1[c-]ccc2ccccc12)N(C)C.[Cl][Pd+]. The van der Waals surface area contributed by atoms with Crippen LogP contribution < -0.4 is 5.30 Å². The third kappa shape index (κ3) is 6.57. The molecule has 2 aliphatic rings. The van der Waals surface area contributed by atoms with E-state index in [1.54, 1.807) is 12.1 Å². The second kappa shape index (κ2) is 14.1. The van der Waals surface area contributed by atoms with Crippen LogP contribution in [0.25, 0.3) is 10.8 Å². The Hall–Kier alpha value is -1.83. The van der Waals surface area contributed by atoms with Gasteiger partial charge in [-0.3, -0.25) is 0 Å². The Morgan fingerprint density at radius 2 is 1.46 bits per heavy atom. The fraction of sp³-hybridized carbons (Fsp3) is 0.294. The van der Waals surface area contributed by atoms with Crippen LogP contribution in [0.5, 0.6) is 0 Å². The first-order chi connectivity index (χ1) is 19.7. The number of hydrogen-bond acceptors (Lipinski definition) is 3. The number of hydrogen-bond donors (Lipinski definition) is 0. The Morgan fingerprint density at radius 3 is 2.10 bits per heavy atom. The molecule has 0 N–H and O–H groups in total. The number of halogens is 1. The Bertz CT molecular complexity index is 1590. The van der Waals surface area contributed by atoms with Crippen molar-refractivity contribution in [2.45, 2.75) is 54.7 Å². The third-order valence-electron chi connectivity index (χ3n) is 8.48. The summed E-state index contributed by atoms with van der Waals surface area (Å²) in [6, 6.07) is 35.8. The molecule has 41 heavy (non-hydrogen) atoms. The normalized spacial score (nSPS) is 22.2. The van der Waals surface area contributed by atoms with Crippen LogP contribution in [0.15, 0.2) is 113 Å². The summed E-state index contributed by atoms with van der Waals surface area (Å²) in [5.41, 5.74) is 4.59. The summed E-state index contributed by atoms with van der Waals surface area (Å²) in [6.07, 6.45) is 0.770. The van der Waals surface area contributed by atoms with Crippen LogP contribution in [0.4, 0.5) is 0 Å². The maximum atomic E-state index is 13.2. The summed E-state index contributed by atoms with van der Waals surface area (Å²) in [5, 5.41) is 3.66. The molecule has 4 aromatic carbocycles.